The van der Waals surface area contributed by atoms with Crippen molar-refractivity contribution in [3.05, 3.63) is 0 Å². The second kappa shape index (κ2) is 6.93. The number of aliphatic hydroxyl groups is 2. The molecule has 6 rings (SSSR count). The Morgan fingerprint density at radius 1 is 0.806 bits per heavy atom. The van der Waals surface area contributed by atoms with E-state index in [1.165, 1.54) is 19.3 Å². The molecule has 0 amide bonds. The molecule has 31 heavy (non-hydrogen) atoms. The molecular weight excluding hydrogens is 388 g/mol. The average molecular weight is 433 g/mol. The van der Waals surface area contributed by atoms with Gasteiger partial charge in [-0.3, -0.25) is 0 Å². The van der Waals surface area contributed by atoms with Gasteiger partial charge in [0.2, 0.25) is 0 Å². The lowest BCUT2D eigenvalue weighted by molar-refractivity contribution is -0.273. The summed E-state index contributed by atoms with van der Waals surface area (Å²) in [5.74, 6) is 3.58. The van der Waals surface area contributed by atoms with Crippen LogP contribution in [0.5, 0.6) is 0 Å². The van der Waals surface area contributed by atoms with Crippen molar-refractivity contribution in [2.75, 3.05) is 6.61 Å². The molecule has 0 aromatic rings. The van der Waals surface area contributed by atoms with Crippen LogP contribution in [-0.2, 0) is 9.47 Å². The van der Waals surface area contributed by atoms with Crippen LogP contribution in [0.3, 0.4) is 0 Å². The van der Waals surface area contributed by atoms with Crippen molar-refractivity contribution in [3.63, 3.8) is 0 Å². The molecule has 4 saturated carbocycles. The molecule has 13 atom stereocenters. The molecule has 0 bridgehead atoms. The van der Waals surface area contributed by atoms with Gasteiger partial charge in [0.05, 0.1) is 24.9 Å². The second-order valence-corrected chi connectivity index (χ2v) is 13.2. The van der Waals surface area contributed by atoms with Gasteiger partial charge >= 0.3 is 0 Å². The maximum Gasteiger partial charge on any atom is 0.171 e. The summed E-state index contributed by atoms with van der Waals surface area (Å²) in [5, 5.41) is 21.5. The summed E-state index contributed by atoms with van der Waals surface area (Å²) in [4.78, 5) is 0. The van der Waals surface area contributed by atoms with E-state index in [-0.39, 0.29) is 29.3 Å². The van der Waals surface area contributed by atoms with E-state index in [1.807, 2.05) is 0 Å². The van der Waals surface area contributed by atoms with Crippen molar-refractivity contribution in [2.45, 2.75) is 110 Å². The number of aliphatic hydroxyl groups excluding tert-OH is 2. The Labute approximate surface area is 188 Å². The molecule has 0 aromatic heterocycles. The fourth-order valence-electron chi connectivity index (χ4n) is 10.3. The summed E-state index contributed by atoms with van der Waals surface area (Å²) in [6, 6.07) is 0. The van der Waals surface area contributed by atoms with Crippen LogP contribution < -0.4 is 0 Å². The van der Waals surface area contributed by atoms with E-state index in [1.54, 1.807) is 0 Å². The molecule has 2 heterocycles. The summed E-state index contributed by atoms with van der Waals surface area (Å²) < 4.78 is 13.3. The van der Waals surface area contributed by atoms with Crippen molar-refractivity contribution >= 4 is 0 Å². The Bertz CT molecular complexity index is 716. The van der Waals surface area contributed by atoms with Gasteiger partial charge < -0.3 is 19.7 Å². The van der Waals surface area contributed by atoms with Crippen LogP contribution in [0.25, 0.3) is 0 Å². The monoisotopic (exact) mass is 432 g/mol. The standard InChI is InChI=1S/C27H44O4/c1-15-5-10-27(30-14-15)16(2)24-23(31-27)13-20-18-12-22(29)21-11-17(28)6-8-25(21,3)19(18)7-9-26(20,24)4/h15-24,28-29H,5-14H2,1-4H3/t15-,16-,17-,18+,19-,20-,21+,22-,23?,24?,25+,26-,27+/m0/s1. The minimum Gasteiger partial charge on any atom is -0.393 e. The molecule has 2 N–H and O–H groups in total. The molecule has 0 aromatic carbocycles. The van der Waals surface area contributed by atoms with Crippen molar-refractivity contribution in [3.8, 4) is 0 Å². The Balaban J connectivity index is 1.28. The Kier molecular flexibility index (Phi) is 4.78. The summed E-state index contributed by atoms with van der Waals surface area (Å²) in [6.45, 7) is 10.6. The fraction of sp³-hybridized carbons (Fsp3) is 1.00. The van der Waals surface area contributed by atoms with Crippen molar-refractivity contribution in [1.82, 2.24) is 0 Å². The predicted molar refractivity (Wildman–Crippen MR) is 119 cm³/mol. The van der Waals surface area contributed by atoms with Gasteiger partial charge in [-0.05, 0) is 97.7 Å². The van der Waals surface area contributed by atoms with Crippen LogP contribution in [-0.4, -0.2) is 40.9 Å². The van der Waals surface area contributed by atoms with Crippen molar-refractivity contribution in [1.29, 1.82) is 0 Å². The number of hydrogen-bond acceptors (Lipinski definition) is 4. The highest BCUT2D eigenvalue weighted by Gasteiger charge is 2.69. The highest BCUT2D eigenvalue weighted by atomic mass is 16.7. The van der Waals surface area contributed by atoms with Crippen molar-refractivity contribution in [2.24, 2.45) is 52.3 Å². The molecule has 4 heteroatoms. The van der Waals surface area contributed by atoms with E-state index in [0.29, 0.717) is 47.0 Å². The molecular formula is C27H44O4. The summed E-state index contributed by atoms with van der Waals surface area (Å²) in [7, 11) is 0. The topological polar surface area (TPSA) is 58.9 Å². The second-order valence-electron chi connectivity index (χ2n) is 13.2. The third-order valence-electron chi connectivity index (χ3n) is 11.9. The van der Waals surface area contributed by atoms with Gasteiger partial charge in [0.25, 0.3) is 0 Å². The fourth-order valence-corrected chi connectivity index (χ4v) is 10.3. The van der Waals surface area contributed by atoms with Gasteiger partial charge in [-0.1, -0.05) is 27.7 Å². The first kappa shape index (κ1) is 21.4. The van der Waals surface area contributed by atoms with Gasteiger partial charge in [0, 0.05) is 12.3 Å². The van der Waals surface area contributed by atoms with Crippen LogP contribution in [0.4, 0.5) is 0 Å². The largest absolute Gasteiger partial charge is 0.393 e. The minimum absolute atomic E-state index is 0.191. The van der Waals surface area contributed by atoms with Crippen LogP contribution in [0.15, 0.2) is 0 Å². The highest BCUT2D eigenvalue weighted by Crippen LogP contribution is 2.71. The van der Waals surface area contributed by atoms with Gasteiger partial charge in [-0.2, -0.15) is 0 Å². The smallest absolute Gasteiger partial charge is 0.171 e. The van der Waals surface area contributed by atoms with E-state index >= 15 is 0 Å². The first-order valence-corrected chi connectivity index (χ1v) is 13.4. The van der Waals surface area contributed by atoms with E-state index < -0.39 is 0 Å². The maximum atomic E-state index is 11.2. The third kappa shape index (κ3) is 2.80. The summed E-state index contributed by atoms with van der Waals surface area (Å²) in [5.41, 5.74) is 0.495. The lowest BCUT2D eigenvalue weighted by Gasteiger charge is -2.62. The molecule has 6 fully saturated rings. The molecule has 2 unspecified atom stereocenters. The zero-order valence-electron chi connectivity index (χ0n) is 20.1. The van der Waals surface area contributed by atoms with E-state index in [0.717, 1.165) is 45.1 Å². The van der Waals surface area contributed by atoms with Gasteiger partial charge in [0.15, 0.2) is 5.79 Å². The molecule has 4 aliphatic carbocycles. The van der Waals surface area contributed by atoms with Crippen LogP contribution in [0, 0.1) is 52.3 Å². The Hall–Kier alpha value is -0.160. The summed E-state index contributed by atoms with van der Waals surface area (Å²) >= 11 is 0. The Morgan fingerprint density at radius 3 is 2.32 bits per heavy atom. The first-order valence-electron chi connectivity index (χ1n) is 13.4. The average Bonchev–Trinajstić information content (AvgIpc) is 3.17. The number of ether oxygens (including phenoxy) is 2. The van der Waals surface area contributed by atoms with E-state index in [9.17, 15) is 10.2 Å². The minimum atomic E-state index is -0.338. The lowest BCUT2D eigenvalue weighted by atomic mass is 9.43. The quantitative estimate of drug-likeness (QED) is 0.579. The maximum absolute atomic E-state index is 11.2. The third-order valence-corrected chi connectivity index (χ3v) is 11.9. The summed E-state index contributed by atoms with van der Waals surface area (Å²) in [6.07, 6.45) is 9.58. The SMILES string of the molecule is C[C@H]1CC[C@@]2(OC1)OC1C[C@H]3[C@@H]4C[C@H](O)[C@H]5C[C@@H](O)CC[C@]5(C)[C@H]4CC[C@]3(C)C1[C@@H]2C. The number of rotatable bonds is 0. The highest BCUT2D eigenvalue weighted by molar-refractivity contribution is 5.16. The molecule has 2 aliphatic heterocycles. The molecule has 6 aliphatic rings. The normalized spacial score (nSPS) is 63.3. The zero-order valence-corrected chi connectivity index (χ0v) is 20.1. The van der Waals surface area contributed by atoms with Crippen LogP contribution in [0.1, 0.15) is 85.5 Å². The van der Waals surface area contributed by atoms with Gasteiger partial charge in [-0.25, -0.2) is 0 Å². The number of hydrogen-bond donors (Lipinski definition) is 2. The van der Waals surface area contributed by atoms with E-state index in [2.05, 4.69) is 27.7 Å². The number of fused-ring (bicyclic) bond motifs is 7. The molecule has 0 radical (unpaired) electrons. The van der Waals surface area contributed by atoms with E-state index in [4.69, 9.17) is 9.47 Å². The molecule has 4 nitrogen and oxygen atoms in total. The van der Waals surface area contributed by atoms with Crippen LogP contribution >= 0.6 is 0 Å². The molecule has 176 valence electrons. The van der Waals surface area contributed by atoms with Gasteiger partial charge in [-0.15, -0.1) is 0 Å². The molecule has 1 spiro atoms. The van der Waals surface area contributed by atoms with Crippen molar-refractivity contribution < 1.29 is 19.7 Å². The Morgan fingerprint density at radius 2 is 1.58 bits per heavy atom. The predicted octanol–water partition coefficient (Wildman–Crippen LogP) is 4.76. The lowest BCUT2D eigenvalue weighted by Crippen LogP contribution is -2.58. The zero-order chi connectivity index (χ0) is 21.8. The van der Waals surface area contributed by atoms with Gasteiger partial charge in [0.1, 0.15) is 0 Å². The molecule has 2 saturated heterocycles. The first-order chi connectivity index (χ1) is 14.7. The van der Waals surface area contributed by atoms with Crippen LogP contribution in [0.2, 0.25) is 0 Å².